The number of benzene rings is 1. The van der Waals surface area contributed by atoms with Gasteiger partial charge in [0.15, 0.2) is 0 Å². The second kappa shape index (κ2) is 7.03. The van der Waals surface area contributed by atoms with Gasteiger partial charge in [0.2, 0.25) is 0 Å². The smallest absolute Gasteiger partial charge is 0.251 e. The molecule has 0 radical (unpaired) electrons. The summed E-state index contributed by atoms with van der Waals surface area (Å²) in [6.45, 7) is -0.126. The third-order valence-electron chi connectivity index (χ3n) is 2.87. The molecule has 1 amide bonds. The van der Waals surface area contributed by atoms with Gasteiger partial charge in [-0.1, -0.05) is 41.9 Å². The summed E-state index contributed by atoms with van der Waals surface area (Å²) < 4.78 is 0. The molecule has 1 aromatic heterocycles. The first kappa shape index (κ1) is 14.5. The van der Waals surface area contributed by atoms with Crippen LogP contribution >= 0.6 is 11.6 Å². The molecule has 0 aliphatic rings. The highest BCUT2D eigenvalue weighted by Crippen LogP contribution is 2.08. The van der Waals surface area contributed by atoms with Crippen molar-refractivity contribution in [3.8, 4) is 0 Å². The summed E-state index contributed by atoms with van der Waals surface area (Å²) in [7, 11) is 0. The van der Waals surface area contributed by atoms with E-state index >= 15 is 0 Å². The third kappa shape index (κ3) is 4.05. The number of rotatable bonds is 5. The van der Waals surface area contributed by atoms with Gasteiger partial charge in [-0.15, -0.1) is 0 Å². The predicted molar refractivity (Wildman–Crippen MR) is 77.7 cm³/mol. The van der Waals surface area contributed by atoms with Crippen LogP contribution in [0.3, 0.4) is 0 Å². The first-order valence-corrected chi connectivity index (χ1v) is 6.64. The van der Waals surface area contributed by atoms with Crippen LogP contribution in [0.15, 0.2) is 48.7 Å². The second-order valence-electron chi connectivity index (χ2n) is 4.41. The Morgan fingerprint density at radius 2 is 2.05 bits per heavy atom. The number of halogens is 1. The molecule has 2 N–H and O–H groups in total. The SMILES string of the molecule is O=C(N[C@@H](CO)Cc1ccccc1)c1ccnc(Cl)c1. The van der Waals surface area contributed by atoms with Crippen LogP contribution in [-0.4, -0.2) is 28.6 Å². The van der Waals surface area contributed by atoms with Crippen molar-refractivity contribution < 1.29 is 9.90 Å². The zero-order valence-electron chi connectivity index (χ0n) is 10.8. The van der Waals surface area contributed by atoms with Crippen molar-refractivity contribution in [3.05, 3.63) is 64.9 Å². The Labute approximate surface area is 122 Å². The fourth-order valence-corrected chi connectivity index (χ4v) is 2.05. The minimum absolute atomic E-state index is 0.126. The molecule has 104 valence electrons. The highest BCUT2D eigenvalue weighted by Gasteiger charge is 2.14. The van der Waals surface area contributed by atoms with Crippen molar-refractivity contribution >= 4 is 17.5 Å². The van der Waals surface area contributed by atoms with Gasteiger partial charge < -0.3 is 10.4 Å². The van der Waals surface area contributed by atoms with Gasteiger partial charge >= 0.3 is 0 Å². The molecule has 20 heavy (non-hydrogen) atoms. The van der Waals surface area contributed by atoms with Crippen LogP contribution in [0.1, 0.15) is 15.9 Å². The summed E-state index contributed by atoms with van der Waals surface area (Å²) in [5.41, 5.74) is 1.48. The van der Waals surface area contributed by atoms with Crippen LogP contribution in [0.25, 0.3) is 0 Å². The van der Waals surface area contributed by atoms with Gasteiger partial charge in [-0.2, -0.15) is 0 Å². The Balaban J connectivity index is 2.01. The number of nitrogens with zero attached hydrogens (tertiary/aromatic N) is 1. The Hall–Kier alpha value is -1.91. The molecule has 1 aromatic carbocycles. The van der Waals surface area contributed by atoms with Gasteiger partial charge in [0, 0.05) is 11.8 Å². The van der Waals surface area contributed by atoms with E-state index in [-0.39, 0.29) is 23.7 Å². The Bertz CT molecular complexity index is 575. The molecule has 4 nitrogen and oxygen atoms in total. The molecule has 0 aliphatic heterocycles. The number of aromatic nitrogens is 1. The maximum atomic E-state index is 12.0. The van der Waals surface area contributed by atoms with Crippen LogP contribution in [0.2, 0.25) is 5.15 Å². The number of amides is 1. The Morgan fingerprint density at radius 3 is 2.70 bits per heavy atom. The summed E-state index contributed by atoms with van der Waals surface area (Å²) in [5, 5.41) is 12.4. The number of hydrogen-bond donors (Lipinski definition) is 2. The molecule has 5 heteroatoms. The summed E-state index contributed by atoms with van der Waals surface area (Å²) >= 11 is 5.75. The van der Waals surface area contributed by atoms with Gasteiger partial charge in [0.1, 0.15) is 5.15 Å². The normalized spacial score (nSPS) is 11.9. The lowest BCUT2D eigenvalue weighted by Gasteiger charge is -2.16. The lowest BCUT2D eigenvalue weighted by molar-refractivity contribution is 0.0916. The van der Waals surface area contributed by atoms with Crippen molar-refractivity contribution in [1.29, 1.82) is 0 Å². The van der Waals surface area contributed by atoms with Crippen molar-refractivity contribution in [2.45, 2.75) is 12.5 Å². The van der Waals surface area contributed by atoms with Gasteiger partial charge in [-0.3, -0.25) is 4.79 Å². The van der Waals surface area contributed by atoms with E-state index < -0.39 is 0 Å². The summed E-state index contributed by atoms with van der Waals surface area (Å²) in [5.74, 6) is -0.274. The number of carbonyl (C=O) groups excluding carboxylic acids is 1. The molecule has 0 spiro atoms. The van der Waals surface area contributed by atoms with Crippen molar-refractivity contribution in [2.24, 2.45) is 0 Å². The Kier molecular flexibility index (Phi) is 5.09. The number of aliphatic hydroxyl groups is 1. The summed E-state index contributed by atoms with van der Waals surface area (Å²) in [4.78, 5) is 15.9. The van der Waals surface area contributed by atoms with Crippen LogP contribution < -0.4 is 5.32 Å². The number of carbonyl (C=O) groups is 1. The van der Waals surface area contributed by atoms with Crippen LogP contribution in [0, 0.1) is 0 Å². The molecule has 1 heterocycles. The number of hydrogen-bond acceptors (Lipinski definition) is 3. The topological polar surface area (TPSA) is 62.2 Å². The van der Waals surface area contributed by atoms with E-state index in [1.807, 2.05) is 30.3 Å². The van der Waals surface area contributed by atoms with Crippen LogP contribution in [0.5, 0.6) is 0 Å². The molecule has 0 unspecified atom stereocenters. The summed E-state index contributed by atoms with van der Waals surface area (Å²) in [6, 6.07) is 12.4. The maximum absolute atomic E-state index is 12.0. The first-order valence-electron chi connectivity index (χ1n) is 6.26. The van der Waals surface area contributed by atoms with Crippen LogP contribution in [-0.2, 0) is 6.42 Å². The molecule has 0 aliphatic carbocycles. The van der Waals surface area contributed by atoms with Crippen molar-refractivity contribution in [1.82, 2.24) is 10.3 Å². The molecular formula is C15H15ClN2O2. The van der Waals surface area contributed by atoms with Crippen molar-refractivity contribution in [3.63, 3.8) is 0 Å². The fraction of sp³-hybridized carbons (Fsp3) is 0.200. The average molecular weight is 291 g/mol. The summed E-state index contributed by atoms with van der Waals surface area (Å²) in [6.07, 6.45) is 2.05. The predicted octanol–water partition coefficient (Wildman–Crippen LogP) is 2.07. The molecule has 2 aromatic rings. The van der Waals surface area contributed by atoms with Gasteiger partial charge in [-0.05, 0) is 24.1 Å². The van der Waals surface area contributed by atoms with E-state index in [2.05, 4.69) is 10.3 Å². The molecule has 0 saturated heterocycles. The third-order valence-corrected chi connectivity index (χ3v) is 3.08. The van der Waals surface area contributed by atoms with Crippen LogP contribution in [0.4, 0.5) is 0 Å². The second-order valence-corrected chi connectivity index (χ2v) is 4.80. The van der Waals surface area contributed by atoms with E-state index in [9.17, 15) is 9.90 Å². The molecule has 0 bridgehead atoms. The standard InChI is InChI=1S/C15H15ClN2O2/c16-14-9-12(6-7-17-14)15(20)18-13(10-19)8-11-4-2-1-3-5-11/h1-7,9,13,19H,8,10H2,(H,18,20)/t13-/m1/s1. The zero-order valence-corrected chi connectivity index (χ0v) is 11.5. The molecule has 1 atom stereocenters. The van der Waals surface area contributed by atoms with Gasteiger partial charge in [0.05, 0.1) is 12.6 Å². The van der Waals surface area contributed by atoms with E-state index in [0.717, 1.165) is 5.56 Å². The van der Waals surface area contributed by atoms with E-state index in [1.54, 1.807) is 6.07 Å². The average Bonchev–Trinajstić information content (AvgIpc) is 2.47. The Morgan fingerprint density at radius 1 is 1.30 bits per heavy atom. The minimum Gasteiger partial charge on any atom is -0.394 e. The minimum atomic E-state index is -0.336. The van der Waals surface area contributed by atoms with E-state index in [4.69, 9.17) is 11.6 Å². The molecule has 2 rings (SSSR count). The highest BCUT2D eigenvalue weighted by atomic mass is 35.5. The fourth-order valence-electron chi connectivity index (χ4n) is 1.87. The number of aliphatic hydroxyl groups excluding tert-OH is 1. The largest absolute Gasteiger partial charge is 0.394 e. The zero-order chi connectivity index (χ0) is 14.4. The van der Waals surface area contributed by atoms with Crippen molar-refractivity contribution in [2.75, 3.05) is 6.61 Å². The lowest BCUT2D eigenvalue weighted by Crippen LogP contribution is -2.39. The first-order chi connectivity index (χ1) is 9.69. The highest BCUT2D eigenvalue weighted by molar-refractivity contribution is 6.29. The molecular weight excluding hydrogens is 276 g/mol. The quantitative estimate of drug-likeness (QED) is 0.829. The molecule has 0 saturated carbocycles. The van der Waals surface area contributed by atoms with Gasteiger partial charge in [-0.25, -0.2) is 4.98 Å². The molecule has 0 fully saturated rings. The number of pyridine rings is 1. The monoisotopic (exact) mass is 290 g/mol. The maximum Gasteiger partial charge on any atom is 0.251 e. The van der Waals surface area contributed by atoms with E-state index in [0.29, 0.717) is 12.0 Å². The van der Waals surface area contributed by atoms with Gasteiger partial charge in [0.25, 0.3) is 5.91 Å². The van der Waals surface area contributed by atoms with E-state index in [1.165, 1.54) is 12.3 Å². The lowest BCUT2D eigenvalue weighted by atomic mass is 10.1. The number of nitrogens with one attached hydrogen (secondary N) is 1.